The summed E-state index contributed by atoms with van der Waals surface area (Å²) in [6.07, 6.45) is 4.65. The van der Waals surface area contributed by atoms with Crippen molar-refractivity contribution in [3.63, 3.8) is 0 Å². The number of carbonyl (C=O) groups excluding carboxylic acids is 1. The number of nitrogens with zero attached hydrogens (tertiary/aromatic N) is 2. The predicted molar refractivity (Wildman–Crippen MR) is 68.0 cm³/mol. The monoisotopic (exact) mass is 228 g/mol. The summed E-state index contributed by atoms with van der Waals surface area (Å²) in [4.78, 5) is 11.0. The second kappa shape index (κ2) is 4.17. The van der Waals surface area contributed by atoms with Crippen LogP contribution >= 0.6 is 0 Å². The summed E-state index contributed by atoms with van der Waals surface area (Å²) in [6, 6.07) is 7.54. The fourth-order valence-electron chi connectivity index (χ4n) is 1.69. The first kappa shape index (κ1) is 11.6. The molecule has 1 aromatic carbocycles. The van der Waals surface area contributed by atoms with E-state index in [2.05, 4.69) is 25.9 Å². The highest BCUT2D eigenvalue weighted by atomic mass is 16.1. The van der Waals surface area contributed by atoms with Crippen LogP contribution in [0.5, 0.6) is 0 Å². The number of hydrogen-bond donors (Lipinski definition) is 0. The highest BCUT2D eigenvalue weighted by molar-refractivity contribution is 5.87. The van der Waals surface area contributed by atoms with Gasteiger partial charge >= 0.3 is 0 Å². The highest BCUT2D eigenvalue weighted by Crippen LogP contribution is 2.24. The summed E-state index contributed by atoms with van der Waals surface area (Å²) in [6.45, 7) is 6.28. The van der Waals surface area contributed by atoms with Crippen LogP contribution < -0.4 is 0 Å². The smallest absolute Gasteiger partial charge is 0.150 e. The van der Waals surface area contributed by atoms with Crippen molar-refractivity contribution in [2.45, 2.75) is 26.3 Å². The number of aromatic nitrogens is 2. The lowest BCUT2D eigenvalue weighted by atomic mass is 10.0. The lowest BCUT2D eigenvalue weighted by Crippen LogP contribution is -2.21. The highest BCUT2D eigenvalue weighted by Gasteiger charge is 2.15. The van der Waals surface area contributed by atoms with E-state index < -0.39 is 0 Å². The number of hydrogen-bond acceptors (Lipinski definition) is 2. The van der Waals surface area contributed by atoms with E-state index >= 15 is 0 Å². The zero-order valence-electron chi connectivity index (χ0n) is 10.3. The molecule has 0 bridgehead atoms. The molecule has 17 heavy (non-hydrogen) atoms. The molecule has 1 heterocycles. The number of benzene rings is 1. The molecule has 0 saturated carbocycles. The van der Waals surface area contributed by atoms with E-state index in [0.29, 0.717) is 5.56 Å². The van der Waals surface area contributed by atoms with Crippen LogP contribution in [-0.2, 0) is 5.54 Å². The molecule has 1 aromatic heterocycles. The SMILES string of the molecule is CC(C)(C)n1cc(-c2ccccc2C=O)cn1. The molecule has 0 atom stereocenters. The maximum atomic E-state index is 11.0. The second-order valence-corrected chi connectivity index (χ2v) is 5.05. The first-order chi connectivity index (χ1) is 8.02. The Morgan fingerprint density at radius 3 is 2.53 bits per heavy atom. The zero-order chi connectivity index (χ0) is 12.5. The topological polar surface area (TPSA) is 34.9 Å². The molecule has 2 aromatic rings. The third-order valence-corrected chi connectivity index (χ3v) is 2.67. The van der Waals surface area contributed by atoms with Gasteiger partial charge in [-0.25, -0.2) is 0 Å². The average Bonchev–Trinajstić information content (AvgIpc) is 2.77. The summed E-state index contributed by atoms with van der Waals surface area (Å²) in [5.74, 6) is 0. The maximum absolute atomic E-state index is 11.0. The standard InChI is InChI=1S/C14H16N2O/c1-14(2,3)16-9-12(8-15-16)13-7-5-4-6-11(13)10-17/h4-10H,1-3H3. The van der Waals surface area contributed by atoms with Crippen molar-refractivity contribution in [1.82, 2.24) is 9.78 Å². The van der Waals surface area contributed by atoms with Gasteiger partial charge in [0.25, 0.3) is 0 Å². The molecule has 0 aliphatic rings. The minimum Gasteiger partial charge on any atom is -0.298 e. The van der Waals surface area contributed by atoms with Crippen molar-refractivity contribution in [3.05, 3.63) is 42.2 Å². The summed E-state index contributed by atoms with van der Waals surface area (Å²) in [5, 5.41) is 4.34. The van der Waals surface area contributed by atoms with Gasteiger partial charge in [-0.1, -0.05) is 24.3 Å². The fraction of sp³-hybridized carbons (Fsp3) is 0.286. The Morgan fingerprint density at radius 2 is 1.94 bits per heavy atom. The van der Waals surface area contributed by atoms with Gasteiger partial charge in [-0.05, 0) is 26.3 Å². The Bertz CT molecular complexity index is 535. The number of carbonyl (C=O) groups is 1. The van der Waals surface area contributed by atoms with Gasteiger partial charge in [0.05, 0.1) is 11.7 Å². The van der Waals surface area contributed by atoms with Crippen molar-refractivity contribution >= 4 is 6.29 Å². The normalized spacial score (nSPS) is 11.5. The molecule has 0 amide bonds. The lowest BCUT2D eigenvalue weighted by Gasteiger charge is -2.18. The third kappa shape index (κ3) is 2.28. The van der Waals surface area contributed by atoms with Crippen LogP contribution in [0.15, 0.2) is 36.7 Å². The van der Waals surface area contributed by atoms with Gasteiger partial charge in [-0.3, -0.25) is 9.48 Å². The van der Waals surface area contributed by atoms with Gasteiger partial charge in [0.15, 0.2) is 6.29 Å². The lowest BCUT2D eigenvalue weighted by molar-refractivity contribution is 0.112. The van der Waals surface area contributed by atoms with Crippen LogP contribution in [0, 0.1) is 0 Å². The van der Waals surface area contributed by atoms with Crippen molar-refractivity contribution in [2.24, 2.45) is 0 Å². The molecule has 0 aliphatic heterocycles. The quantitative estimate of drug-likeness (QED) is 0.740. The number of rotatable bonds is 2. The van der Waals surface area contributed by atoms with E-state index in [-0.39, 0.29) is 5.54 Å². The molecular weight excluding hydrogens is 212 g/mol. The number of aldehydes is 1. The minimum absolute atomic E-state index is 0.0472. The van der Waals surface area contributed by atoms with Gasteiger partial charge in [0, 0.05) is 17.3 Å². The van der Waals surface area contributed by atoms with Crippen molar-refractivity contribution < 1.29 is 4.79 Å². The van der Waals surface area contributed by atoms with Crippen molar-refractivity contribution in [2.75, 3.05) is 0 Å². The Morgan fingerprint density at radius 1 is 1.24 bits per heavy atom. The minimum atomic E-state index is -0.0472. The maximum Gasteiger partial charge on any atom is 0.150 e. The fourth-order valence-corrected chi connectivity index (χ4v) is 1.69. The molecular formula is C14H16N2O. The van der Waals surface area contributed by atoms with E-state index in [9.17, 15) is 4.79 Å². The molecule has 0 N–H and O–H groups in total. The molecule has 0 fully saturated rings. The molecule has 0 saturated heterocycles. The molecule has 88 valence electrons. The molecule has 3 nitrogen and oxygen atoms in total. The van der Waals surface area contributed by atoms with Crippen molar-refractivity contribution in [3.8, 4) is 11.1 Å². The zero-order valence-corrected chi connectivity index (χ0v) is 10.3. The summed E-state index contributed by atoms with van der Waals surface area (Å²) >= 11 is 0. The van der Waals surface area contributed by atoms with Gasteiger partial charge in [0.2, 0.25) is 0 Å². The molecule has 0 unspecified atom stereocenters. The Kier molecular flexibility index (Phi) is 2.84. The van der Waals surface area contributed by atoms with Crippen LogP contribution in [0.3, 0.4) is 0 Å². The summed E-state index contributed by atoms with van der Waals surface area (Å²) in [7, 11) is 0. The molecule has 3 heteroatoms. The van der Waals surface area contributed by atoms with Crippen molar-refractivity contribution in [1.29, 1.82) is 0 Å². The Hall–Kier alpha value is -1.90. The van der Waals surface area contributed by atoms with Gasteiger partial charge < -0.3 is 0 Å². The summed E-state index contributed by atoms with van der Waals surface area (Å²) < 4.78 is 1.91. The average molecular weight is 228 g/mol. The van der Waals surface area contributed by atoms with E-state index in [4.69, 9.17) is 0 Å². The van der Waals surface area contributed by atoms with Crippen LogP contribution in [-0.4, -0.2) is 16.1 Å². The van der Waals surface area contributed by atoms with Crippen LogP contribution in [0.2, 0.25) is 0 Å². The van der Waals surface area contributed by atoms with Gasteiger partial charge in [0.1, 0.15) is 0 Å². The van der Waals surface area contributed by atoms with E-state index in [1.807, 2.05) is 35.1 Å². The Labute approximate surface area is 101 Å². The molecule has 0 spiro atoms. The van der Waals surface area contributed by atoms with E-state index in [1.165, 1.54) is 0 Å². The van der Waals surface area contributed by atoms with Gasteiger partial charge in [-0.2, -0.15) is 5.10 Å². The van der Waals surface area contributed by atoms with Crippen LogP contribution in [0.1, 0.15) is 31.1 Å². The van der Waals surface area contributed by atoms with Crippen LogP contribution in [0.4, 0.5) is 0 Å². The third-order valence-electron chi connectivity index (χ3n) is 2.67. The first-order valence-electron chi connectivity index (χ1n) is 5.62. The van der Waals surface area contributed by atoms with E-state index in [1.54, 1.807) is 6.20 Å². The van der Waals surface area contributed by atoms with E-state index in [0.717, 1.165) is 17.4 Å². The molecule has 0 radical (unpaired) electrons. The molecule has 0 aliphatic carbocycles. The first-order valence-corrected chi connectivity index (χ1v) is 5.62. The summed E-state index contributed by atoms with van der Waals surface area (Å²) in [5.41, 5.74) is 2.55. The van der Waals surface area contributed by atoms with Gasteiger partial charge in [-0.15, -0.1) is 0 Å². The molecule has 2 rings (SSSR count). The van der Waals surface area contributed by atoms with Crippen LogP contribution in [0.25, 0.3) is 11.1 Å². The predicted octanol–water partition coefficient (Wildman–Crippen LogP) is 3.12. The Balaban J connectivity index is 2.47. The largest absolute Gasteiger partial charge is 0.298 e. The second-order valence-electron chi connectivity index (χ2n) is 5.05.